The summed E-state index contributed by atoms with van der Waals surface area (Å²) < 4.78 is 23.0. The molecule has 0 aliphatic carbocycles. The van der Waals surface area contributed by atoms with Gasteiger partial charge in [-0.3, -0.25) is 4.79 Å². The van der Waals surface area contributed by atoms with Crippen molar-refractivity contribution in [3.05, 3.63) is 71.8 Å². The Morgan fingerprint density at radius 2 is 1.39 bits per heavy atom. The maximum atomic E-state index is 11.6. The summed E-state index contributed by atoms with van der Waals surface area (Å²) in [6, 6.07) is 19.3. The Kier molecular flexibility index (Phi) is 7.17. The normalized spacial score (nSPS) is 27.3. The van der Waals surface area contributed by atoms with Crippen molar-refractivity contribution in [3.8, 4) is 0 Å². The molecule has 3 rings (SSSR count). The highest BCUT2D eigenvalue weighted by atomic mass is 16.7. The zero-order valence-corrected chi connectivity index (χ0v) is 16.1. The van der Waals surface area contributed by atoms with E-state index in [0.717, 1.165) is 11.1 Å². The molecule has 0 aromatic heterocycles. The van der Waals surface area contributed by atoms with E-state index in [1.54, 1.807) is 6.92 Å². The standard InChI is InChI=1S/C22H26O6/c1-15-19(28-16(2)23)20(25-13-17-9-5-3-6-10-17)21(22(24)27-15)26-14-18-11-7-4-8-12-18/h3-12,15,19-22,24H,13-14H2,1-2H3/t15-,19+,20+,21-,22-/m0/s1. The molecule has 1 fully saturated rings. The predicted molar refractivity (Wildman–Crippen MR) is 102 cm³/mol. The van der Waals surface area contributed by atoms with Crippen LogP contribution in [0, 0.1) is 0 Å². The van der Waals surface area contributed by atoms with Crippen LogP contribution in [-0.4, -0.2) is 41.8 Å². The van der Waals surface area contributed by atoms with Crippen LogP contribution < -0.4 is 0 Å². The fourth-order valence-electron chi connectivity index (χ4n) is 3.25. The van der Waals surface area contributed by atoms with E-state index >= 15 is 0 Å². The van der Waals surface area contributed by atoms with Gasteiger partial charge < -0.3 is 24.1 Å². The van der Waals surface area contributed by atoms with E-state index in [-0.39, 0.29) is 6.61 Å². The van der Waals surface area contributed by atoms with E-state index in [9.17, 15) is 9.90 Å². The van der Waals surface area contributed by atoms with Crippen molar-refractivity contribution in [2.24, 2.45) is 0 Å². The van der Waals surface area contributed by atoms with Gasteiger partial charge in [-0.1, -0.05) is 60.7 Å². The number of aliphatic hydroxyl groups excluding tert-OH is 1. The highest BCUT2D eigenvalue weighted by molar-refractivity contribution is 5.66. The van der Waals surface area contributed by atoms with Crippen LogP contribution in [0.5, 0.6) is 0 Å². The van der Waals surface area contributed by atoms with E-state index in [0.29, 0.717) is 6.61 Å². The summed E-state index contributed by atoms with van der Waals surface area (Å²) in [6.07, 6.45) is -3.89. The second kappa shape index (κ2) is 9.80. The average Bonchev–Trinajstić information content (AvgIpc) is 2.69. The van der Waals surface area contributed by atoms with Crippen molar-refractivity contribution in [2.75, 3.05) is 0 Å². The van der Waals surface area contributed by atoms with E-state index in [1.165, 1.54) is 6.92 Å². The molecule has 0 saturated carbocycles. The first kappa shape index (κ1) is 20.5. The zero-order valence-electron chi connectivity index (χ0n) is 16.1. The number of rotatable bonds is 7. The first-order chi connectivity index (χ1) is 13.5. The third kappa shape index (κ3) is 5.39. The monoisotopic (exact) mass is 386 g/mol. The maximum Gasteiger partial charge on any atom is 0.303 e. The second-order valence-corrected chi connectivity index (χ2v) is 6.83. The Balaban J connectivity index is 1.76. The third-order valence-electron chi connectivity index (χ3n) is 4.62. The molecule has 1 N–H and O–H groups in total. The van der Waals surface area contributed by atoms with Crippen LogP contribution in [0.4, 0.5) is 0 Å². The van der Waals surface area contributed by atoms with Gasteiger partial charge in [0.1, 0.15) is 12.2 Å². The van der Waals surface area contributed by atoms with Gasteiger partial charge in [0.05, 0.1) is 19.3 Å². The van der Waals surface area contributed by atoms with Crippen LogP contribution >= 0.6 is 0 Å². The molecule has 1 aliphatic heterocycles. The Labute approximate surface area is 165 Å². The summed E-state index contributed by atoms with van der Waals surface area (Å²) in [7, 11) is 0. The smallest absolute Gasteiger partial charge is 0.303 e. The Hall–Kier alpha value is -2.25. The van der Waals surface area contributed by atoms with Gasteiger partial charge in [0.2, 0.25) is 0 Å². The van der Waals surface area contributed by atoms with Crippen molar-refractivity contribution in [2.45, 2.75) is 57.8 Å². The molecule has 0 amide bonds. The quantitative estimate of drug-likeness (QED) is 0.738. The molecule has 0 spiro atoms. The Morgan fingerprint density at radius 1 is 0.893 bits per heavy atom. The van der Waals surface area contributed by atoms with E-state index in [1.807, 2.05) is 60.7 Å². The van der Waals surface area contributed by atoms with Gasteiger partial charge in [-0.15, -0.1) is 0 Å². The largest absolute Gasteiger partial charge is 0.457 e. The van der Waals surface area contributed by atoms with Crippen molar-refractivity contribution in [1.29, 1.82) is 0 Å². The third-order valence-corrected chi connectivity index (χ3v) is 4.62. The van der Waals surface area contributed by atoms with Crippen molar-refractivity contribution in [1.82, 2.24) is 0 Å². The van der Waals surface area contributed by atoms with Gasteiger partial charge in [-0.05, 0) is 18.1 Å². The molecule has 0 radical (unpaired) electrons. The topological polar surface area (TPSA) is 74.2 Å². The lowest BCUT2D eigenvalue weighted by Crippen LogP contribution is -2.59. The van der Waals surface area contributed by atoms with Gasteiger partial charge >= 0.3 is 5.97 Å². The predicted octanol–water partition coefficient (Wildman–Crippen LogP) is 2.83. The highest BCUT2D eigenvalue weighted by Gasteiger charge is 2.47. The summed E-state index contributed by atoms with van der Waals surface area (Å²) >= 11 is 0. The molecule has 1 saturated heterocycles. The minimum absolute atomic E-state index is 0.276. The van der Waals surface area contributed by atoms with Crippen LogP contribution in [0.25, 0.3) is 0 Å². The molecule has 1 aliphatic rings. The van der Waals surface area contributed by atoms with Crippen LogP contribution in [-0.2, 0) is 37.0 Å². The summed E-state index contributed by atoms with van der Waals surface area (Å²) in [5, 5.41) is 10.5. The fraction of sp³-hybridized carbons (Fsp3) is 0.409. The number of carbonyl (C=O) groups excluding carboxylic acids is 1. The fourth-order valence-corrected chi connectivity index (χ4v) is 3.25. The van der Waals surface area contributed by atoms with Crippen LogP contribution in [0.2, 0.25) is 0 Å². The number of ether oxygens (including phenoxy) is 4. The van der Waals surface area contributed by atoms with E-state index in [4.69, 9.17) is 18.9 Å². The highest BCUT2D eigenvalue weighted by Crippen LogP contribution is 2.28. The molecule has 0 unspecified atom stereocenters. The number of hydrogen-bond acceptors (Lipinski definition) is 6. The van der Waals surface area contributed by atoms with Crippen LogP contribution in [0.15, 0.2) is 60.7 Å². The SMILES string of the molecule is CC(=O)O[C@H]1[C@@H](OCc2ccccc2)[C@H](OCc2ccccc2)[C@@H](O)O[C@H]1C. The first-order valence-electron chi connectivity index (χ1n) is 9.36. The molecule has 6 heteroatoms. The number of esters is 1. The van der Waals surface area contributed by atoms with E-state index in [2.05, 4.69) is 0 Å². The molecule has 0 bridgehead atoms. The number of aliphatic hydroxyl groups is 1. The maximum absolute atomic E-state index is 11.6. The number of hydrogen-bond donors (Lipinski definition) is 1. The lowest BCUT2D eigenvalue weighted by molar-refractivity contribution is -0.302. The van der Waals surface area contributed by atoms with Gasteiger partial charge in [0, 0.05) is 6.92 Å². The van der Waals surface area contributed by atoms with Gasteiger partial charge in [0.15, 0.2) is 12.4 Å². The summed E-state index contributed by atoms with van der Waals surface area (Å²) in [5.74, 6) is -0.438. The first-order valence-corrected chi connectivity index (χ1v) is 9.36. The Bertz CT molecular complexity index is 735. The molecular formula is C22H26O6. The van der Waals surface area contributed by atoms with E-state index < -0.39 is 36.7 Å². The number of carbonyl (C=O) groups is 1. The molecule has 28 heavy (non-hydrogen) atoms. The molecule has 5 atom stereocenters. The van der Waals surface area contributed by atoms with Crippen molar-refractivity contribution < 1.29 is 28.8 Å². The molecule has 6 nitrogen and oxygen atoms in total. The van der Waals surface area contributed by atoms with Crippen molar-refractivity contribution >= 4 is 5.97 Å². The molecule has 2 aromatic carbocycles. The second-order valence-electron chi connectivity index (χ2n) is 6.83. The lowest BCUT2D eigenvalue weighted by Gasteiger charge is -2.43. The minimum atomic E-state index is -1.19. The van der Waals surface area contributed by atoms with Gasteiger partial charge in [0.25, 0.3) is 0 Å². The van der Waals surface area contributed by atoms with Crippen LogP contribution in [0.1, 0.15) is 25.0 Å². The molecule has 1 heterocycles. The van der Waals surface area contributed by atoms with Gasteiger partial charge in [-0.2, -0.15) is 0 Å². The zero-order chi connectivity index (χ0) is 19.9. The minimum Gasteiger partial charge on any atom is -0.457 e. The van der Waals surface area contributed by atoms with Gasteiger partial charge in [-0.25, -0.2) is 0 Å². The average molecular weight is 386 g/mol. The Morgan fingerprint density at radius 3 is 1.89 bits per heavy atom. The van der Waals surface area contributed by atoms with Crippen molar-refractivity contribution in [3.63, 3.8) is 0 Å². The summed E-state index contributed by atoms with van der Waals surface area (Å²) in [5.41, 5.74) is 1.93. The molecular weight excluding hydrogens is 360 g/mol. The summed E-state index contributed by atoms with van der Waals surface area (Å²) in [6.45, 7) is 3.65. The molecule has 150 valence electrons. The number of benzene rings is 2. The summed E-state index contributed by atoms with van der Waals surface area (Å²) in [4.78, 5) is 11.6. The molecule has 2 aromatic rings. The van der Waals surface area contributed by atoms with Crippen LogP contribution in [0.3, 0.4) is 0 Å². The lowest BCUT2D eigenvalue weighted by atomic mass is 9.99.